The topological polar surface area (TPSA) is 55.3 Å². The Bertz CT molecular complexity index is 980. The third-order valence-electron chi connectivity index (χ3n) is 5.72. The van der Waals surface area contributed by atoms with Crippen molar-refractivity contribution in [3.8, 4) is 10.4 Å². The number of ether oxygens (including phenoxy) is 1. The second-order valence-corrected chi connectivity index (χ2v) is 8.44. The molecule has 142 valence electrons. The predicted octanol–water partition coefficient (Wildman–Crippen LogP) is 3.91. The number of benzene rings is 1. The molecule has 2 aliphatic rings. The van der Waals surface area contributed by atoms with Crippen molar-refractivity contribution < 1.29 is 9.53 Å². The van der Waals surface area contributed by atoms with Gasteiger partial charge in [0, 0.05) is 35.5 Å². The molecule has 1 spiro atoms. The highest BCUT2D eigenvalue weighted by Crippen LogP contribution is 2.46. The summed E-state index contributed by atoms with van der Waals surface area (Å²) in [5, 5.41) is 7.78. The third-order valence-corrected chi connectivity index (χ3v) is 6.96. The van der Waals surface area contributed by atoms with Crippen LogP contribution in [0.15, 0.2) is 54.7 Å². The molecule has 1 saturated heterocycles. The molecule has 0 radical (unpaired) electrons. The van der Waals surface area contributed by atoms with Crippen LogP contribution in [0.3, 0.4) is 0 Å². The Hall–Kier alpha value is -2.57. The van der Waals surface area contributed by atoms with E-state index in [0.717, 1.165) is 25.9 Å². The van der Waals surface area contributed by atoms with Crippen molar-refractivity contribution in [1.29, 1.82) is 0 Å². The SMILES string of the molecule is O=C(c1cccnn1)N1CCC2(CC1)OCCc1sc(-c3ccccc3)cc12. The van der Waals surface area contributed by atoms with Gasteiger partial charge in [-0.2, -0.15) is 5.10 Å². The van der Waals surface area contributed by atoms with Crippen molar-refractivity contribution in [2.45, 2.75) is 24.9 Å². The van der Waals surface area contributed by atoms with Crippen LogP contribution in [-0.2, 0) is 16.8 Å². The van der Waals surface area contributed by atoms with Crippen LogP contribution in [0.1, 0.15) is 33.8 Å². The molecular formula is C22H21N3O2S. The van der Waals surface area contributed by atoms with Crippen molar-refractivity contribution in [3.63, 3.8) is 0 Å². The monoisotopic (exact) mass is 391 g/mol. The van der Waals surface area contributed by atoms with E-state index in [1.165, 1.54) is 20.9 Å². The minimum absolute atomic E-state index is 0.0470. The van der Waals surface area contributed by atoms with Gasteiger partial charge in [0.2, 0.25) is 0 Å². The molecule has 6 heteroatoms. The fourth-order valence-electron chi connectivity index (χ4n) is 4.22. The van der Waals surface area contributed by atoms with Gasteiger partial charge in [0.25, 0.3) is 5.91 Å². The summed E-state index contributed by atoms with van der Waals surface area (Å²) in [4.78, 5) is 17.3. The van der Waals surface area contributed by atoms with Crippen molar-refractivity contribution in [1.82, 2.24) is 15.1 Å². The first kappa shape index (κ1) is 17.5. The van der Waals surface area contributed by atoms with E-state index in [9.17, 15) is 4.79 Å². The number of fused-ring (bicyclic) bond motifs is 2. The molecule has 4 heterocycles. The van der Waals surface area contributed by atoms with Gasteiger partial charge in [0.1, 0.15) is 0 Å². The Kier molecular flexibility index (Phi) is 4.45. The second-order valence-electron chi connectivity index (χ2n) is 7.31. The first-order valence-corrected chi connectivity index (χ1v) is 10.5. The zero-order valence-corrected chi connectivity index (χ0v) is 16.3. The molecule has 0 N–H and O–H groups in total. The molecule has 5 nitrogen and oxygen atoms in total. The summed E-state index contributed by atoms with van der Waals surface area (Å²) in [6, 6.07) is 16.3. The second kappa shape index (κ2) is 7.11. The summed E-state index contributed by atoms with van der Waals surface area (Å²) in [5.74, 6) is -0.0470. The van der Waals surface area contributed by atoms with Crippen LogP contribution in [0.2, 0.25) is 0 Å². The highest BCUT2D eigenvalue weighted by atomic mass is 32.1. The van der Waals surface area contributed by atoms with E-state index < -0.39 is 0 Å². The maximum absolute atomic E-state index is 12.7. The largest absolute Gasteiger partial charge is 0.370 e. The molecule has 28 heavy (non-hydrogen) atoms. The lowest BCUT2D eigenvalue weighted by Gasteiger charge is -2.44. The number of carbonyl (C=O) groups is 1. The normalized spacial score (nSPS) is 18.1. The van der Waals surface area contributed by atoms with Gasteiger partial charge >= 0.3 is 0 Å². The first-order valence-electron chi connectivity index (χ1n) is 9.65. The maximum atomic E-state index is 12.7. The van der Waals surface area contributed by atoms with Crippen LogP contribution in [0.25, 0.3) is 10.4 Å². The molecule has 1 aromatic carbocycles. The van der Waals surface area contributed by atoms with Gasteiger partial charge in [-0.15, -0.1) is 16.4 Å². The minimum Gasteiger partial charge on any atom is -0.370 e. The summed E-state index contributed by atoms with van der Waals surface area (Å²) in [6.07, 6.45) is 4.19. The van der Waals surface area contributed by atoms with Crippen LogP contribution in [0.5, 0.6) is 0 Å². The number of rotatable bonds is 2. The van der Waals surface area contributed by atoms with Gasteiger partial charge in [-0.25, -0.2) is 0 Å². The molecule has 0 atom stereocenters. The van der Waals surface area contributed by atoms with E-state index in [1.54, 1.807) is 18.3 Å². The summed E-state index contributed by atoms with van der Waals surface area (Å²) < 4.78 is 6.36. The third kappa shape index (κ3) is 3.02. The Labute approximate surface area is 168 Å². The van der Waals surface area contributed by atoms with Crippen LogP contribution >= 0.6 is 11.3 Å². The van der Waals surface area contributed by atoms with Gasteiger partial charge in [-0.1, -0.05) is 30.3 Å². The maximum Gasteiger partial charge on any atom is 0.274 e. The number of thiophene rings is 1. The Morgan fingerprint density at radius 2 is 1.93 bits per heavy atom. The number of carbonyl (C=O) groups excluding carboxylic acids is 1. The molecule has 0 bridgehead atoms. The van der Waals surface area contributed by atoms with Crippen LogP contribution in [-0.4, -0.2) is 40.7 Å². The van der Waals surface area contributed by atoms with E-state index >= 15 is 0 Å². The van der Waals surface area contributed by atoms with E-state index in [2.05, 4.69) is 40.5 Å². The number of aromatic nitrogens is 2. The molecule has 3 aromatic rings. The highest BCUT2D eigenvalue weighted by Gasteiger charge is 2.43. The number of likely N-dealkylation sites (tertiary alicyclic amines) is 1. The molecule has 2 aliphatic heterocycles. The minimum atomic E-state index is -0.268. The fraction of sp³-hybridized carbons (Fsp3) is 0.318. The van der Waals surface area contributed by atoms with Crippen molar-refractivity contribution in [3.05, 3.63) is 70.9 Å². The summed E-state index contributed by atoms with van der Waals surface area (Å²) in [7, 11) is 0. The average molecular weight is 391 g/mol. The van der Waals surface area contributed by atoms with E-state index in [4.69, 9.17) is 4.74 Å². The Morgan fingerprint density at radius 3 is 2.68 bits per heavy atom. The lowest BCUT2D eigenvalue weighted by Crippen LogP contribution is -2.48. The Morgan fingerprint density at radius 1 is 1.11 bits per heavy atom. The molecular weight excluding hydrogens is 370 g/mol. The number of amides is 1. The Balaban J connectivity index is 1.38. The summed E-state index contributed by atoms with van der Waals surface area (Å²) in [5.41, 5.74) is 2.73. The fourth-order valence-corrected chi connectivity index (χ4v) is 5.46. The number of hydrogen-bond acceptors (Lipinski definition) is 5. The average Bonchev–Trinajstić information content (AvgIpc) is 3.21. The highest BCUT2D eigenvalue weighted by molar-refractivity contribution is 7.15. The number of nitrogens with zero attached hydrogens (tertiary/aromatic N) is 3. The zero-order valence-electron chi connectivity index (χ0n) is 15.5. The zero-order chi connectivity index (χ0) is 19.0. The van der Waals surface area contributed by atoms with E-state index in [1.807, 2.05) is 22.3 Å². The standard InChI is InChI=1S/C22H21N3O2S/c26-21(18-7-4-11-23-24-18)25-12-9-22(10-13-25)17-15-20(16-5-2-1-3-6-16)28-19(17)8-14-27-22/h1-7,11,15H,8-10,12-14H2. The van der Waals surface area contributed by atoms with Gasteiger partial charge in [-0.05, 0) is 42.2 Å². The molecule has 1 amide bonds. The van der Waals surface area contributed by atoms with Crippen molar-refractivity contribution in [2.24, 2.45) is 0 Å². The molecule has 2 aromatic heterocycles. The first-order chi connectivity index (χ1) is 13.8. The van der Waals surface area contributed by atoms with Gasteiger partial charge < -0.3 is 9.64 Å². The molecule has 1 fully saturated rings. The number of piperidine rings is 1. The van der Waals surface area contributed by atoms with Crippen molar-refractivity contribution in [2.75, 3.05) is 19.7 Å². The van der Waals surface area contributed by atoms with E-state index in [0.29, 0.717) is 18.8 Å². The molecule has 0 unspecified atom stereocenters. The van der Waals surface area contributed by atoms with Crippen LogP contribution < -0.4 is 0 Å². The molecule has 5 rings (SSSR count). The van der Waals surface area contributed by atoms with Gasteiger partial charge in [0.05, 0.1) is 12.2 Å². The summed E-state index contributed by atoms with van der Waals surface area (Å²) >= 11 is 1.88. The summed E-state index contributed by atoms with van der Waals surface area (Å²) in [6.45, 7) is 2.09. The van der Waals surface area contributed by atoms with Gasteiger partial charge in [-0.3, -0.25) is 4.79 Å². The van der Waals surface area contributed by atoms with Crippen molar-refractivity contribution >= 4 is 17.2 Å². The van der Waals surface area contributed by atoms with Crippen LogP contribution in [0.4, 0.5) is 0 Å². The van der Waals surface area contributed by atoms with Gasteiger partial charge in [0.15, 0.2) is 5.69 Å². The van der Waals surface area contributed by atoms with E-state index in [-0.39, 0.29) is 11.5 Å². The smallest absolute Gasteiger partial charge is 0.274 e. The lowest BCUT2D eigenvalue weighted by molar-refractivity contribution is -0.0926. The molecule has 0 saturated carbocycles. The van der Waals surface area contributed by atoms with Crippen LogP contribution in [0, 0.1) is 0 Å². The molecule has 0 aliphatic carbocycles. The number of hydrogen-bond donors (Lipinski definition) is 0. The predicted molar refractivity (Wildman–Crippen MR) is 108 cm³/mol. The lowest BCUT2D eigenvalue weighted by atomic mass is 9.82. The quantitative estimate of drug-likeness (QED) is 0.665.